The lowest BCUT2D eigenvalue weighted by Gasteiger charge is -2.16. The fourth-order valence-electron chi connectivity index (χ4n) is 1.48. The van der Waals surface area contributed by atoms with Crippen molar-refractivity contribution < 1.29 is 4.74 Å². The van der Waals surface area contributed by atoms with Gasteiger partial charge >= 0.3 is 0 Å². The standard InChI is InChI=1S/C12H10BrCl2NOS/c13-7-1-12(18-6-7)11(5-16)17-10-3-8(14)2-9(15)4-10/h1-4,6,11H,5,16H2. The van der Waals surface area contributed by atoms with Gasteiger partial charge in [0.1, 0.15) is 11.9 Å². The van der Waals surface area contributed by atoms with Crippen LogP contribution >= 0.6 is 50.5 Å². The van der Waals surface area contributed by atoms with Crippen molar-refractivity contribution in [1.29, 1.82) is 0 Å². The molecule has 0 saturated carbocycles. The summed E-state index contributed by atoms with van der Waals surface area (Å²) >= 11 is 16.9. The van der Waals surface area contributed by atoms with E-state index in [2.05, 4.69) is 15.9 Å². The molecule has 0 fully saturated rings. The summed E-state index contributed by atoms with van der Waals surface area (Å²) in [7, 11) is 0. The Balaban J connectivity index is 2.20. The minimum absolute atomic E-state index is 0.198. The zero-order valence-corrected chi connectivity index (χ0v) is 13.1. The monoisotopic (exact) mass is 365 g/mol. The molecule has 0 aliphatic carbocycles. The van der Waals surface area contributed by atoms with Gasteiger partial charge < -0.3 is 10.5 Å². The third-order valence-corrected chi connectivity index (χ3v) is 4.46. The van der Waals surface area contributed by atoms with Gasteiger partial charge in [-0.05, 0) is 40.2 Å². The van der Waals surface area contributed by atoms with Crippen molar-refractivity contribution in [3.63, 3.8) is 0 Å². The molecule has 0 amide bonds. The SMILES string of the molecule is NCC(Oc1cc(Cl)cc(Cl)c1)c1cc(Br)cs1. The van der Waals surface area contributed by atoms with E-state index in [0.717, 1.165) is 9.35 Å². The highest BCUT2D eigenvalue weighted by atomic mass is 79.9. The lowest BCUT2D eigenvalue weighted by atomic mass is 10.3. The molecule has 0 saturated heterocycles. The molecule has 2 N–H and O–H groups in total. The van der Waals surface area contributed by atoms with Gasteiger partial charge in [0.15, 0.2) is 0 Å². The highest BCUT2D eigenvalue weighted by Gasteiger charge is 2.14. The molecule has 0 radical (unpaired) electrons. The van der Waals surface area contributed by atoms with Gasteiger partial charge in [-0.15, -0.1) is 11.3 Å². The van der Waals surface area contributed by atoms with Crippen LogP contribution in [0.1, 0.15) is 11.0 Å². The lowest BCUT2D eigenvalue weighted by molar-refractivity contribution is 0.218. The molecule has 0 aliphatic heterocycles. The van der Waals surface area contributed by atoms with Crippen LogP contribution in [0.3, 0.4) is 0 Å². The summed E-state index contributed by atoms with van der Waals surface area (Å²) in [4.78, 5) is 1.06. The average molecular weight is 367 g/mol. The highest BCUT2D eigenvalue weighted by Crippen LogP contribution is 2.31. The minimum atomic E-state index is -0.198. The summed E-state index contributed by atoms with van der Waals surface area (Å²) in [5.74, 6) is 0.618. The van der Waals surface area contributed by atoms with Crippen molar-refractivity contribution in [2.45, 2.75) is 6.10 Å². The zero-order valence-electron chi connectivity index (χ0n) is 9.20. The number of rotatable bonds is 4. The summed E-state index contributed by atoms with van der Waals surface area (Å²) in [6.45, 7) is 0.386. The lowest BCUT2D eigenvalue weighted by Crippen LogP contribution is -2.17. The van der Waals surface area contributed by atoms with Crippen LogP contribution in [0.25, 0.3) is 0 Å². The number of hydrogen-bond donors (Lipinski definition) is 1. The van der Waals surface area contributed by atoms with Crippen LogP contribution in [0.5, 0.6) is 5.75 Å². The first-order chi connectivity index (χ1) is 8.58. The summed E-state index contributed by atoms with van der Waals surface area (Å²) in [6.07, 6.45) is -0.198. The largest absolute Gasteiger partial charge is 0.483 e. The van der Waals surface area contributed by atoms with Crippen LogP contribution in [-0.4, -0.2) is 6.54 Å². The van der Waals surface area contributed by atoms with E-state index >= 15 is 0 Å². The maximum Gasteiger partial charge on any atom is 0.145 e. The minimum Gasteiger partial charge on any atom is -0.483 e. The number of thiophene rings is 1. The van der Waals surface area contributed by atoms with Crippen LogP contribution in [-0.2, 0) is 0 Å². The third kappa shape index (κ3) is 3.62. The molecule has 0 spiro atoms. The van der Waals surface area contributed by atoms with Crippen molar-refractivity contribution in [3.05, 3.63) is 49.0 Å². The van der Waals surface area contributed by atoms with Crippen molar-refractivity contribution in [1.82, 2.24) is 0 Å². The molecule has 1 atom stereocenters. The van der Waals surface area contributed by atoms with Crippen LogP contribution in [0.15, 0.2) is 34.1 Å². The molecule has 2 aromatic rings. The second-order valence-electron chi connectivity index (χ2n) is 3.61. The highest BCUT2D eigenvalue weighted by molar-refractivity contribution is 9.10. The summed E-state index contributed by atoms with van der Waals surface area (Å²) in [6, 6.07) is 7.10. The van der Waals surface area contributed by atoms with E-state index in [1.807, 2.05) is 11.4 Å². The van der Waals surface area contributed by atoms with Crippen LogP contribution < -0.4 is 10.5 Å². The number of nitrogens with two attached hydrogens (primary N) is 1. The fourth-order valence-corrected chi connectivity index (χ4v) is 3.47. The molecule has 1 aromatic carbocycles. The average Bonchev–Trinajstić information content (AvgIpc) is 2.71. The molecular formula is C12H10BrCl2NOS. The summed E-state index contributed by atoms with van der Waals surface area (Å²) in [5.41, 5.74) is 5.74. The van der Waals surface area contributed by atoms with Gasteiger partial charge in [-0.1, -0.05) is 23.2 Å². The van der Waals surface area contributed by atoms with Gasteiger partial charge in [-0.25, -0.2) is 0 Å². The predicted octanol–water partition coefficient (Wildman–Crippen LogP) is 4.90. The fraction of sp³-hybridized carbons (Fsp3) is 0.167. The third-order valence-electron chi connectivity index (χ3n) is 2.23. The molecule has 18 heavy (non-hydrogen) atoms. The molecule has 1 aromatic heterocycles. The molecule has 0 bridgehead atoms. The number of halogens is 3. The topological polar surface area (TPSA) is 35.2 Å². The number of ether oxygens (including phenoxy) is 1. The van der Waals surface area contributed by atoms with E-state index < -0.39 is 0 Å². The Kier molecular flexibility index (Phi) is 4.92. The van der Waals surface area contributed by atoms with E-state index in [-0.39, 0.29) is 6.10 Å². The quantitative estimate of drug-likeness (QED) is 0.835. The molecule has 0 aliphatic rings. The van der Waals surface area contributed by atoms with E-state index in [0.29, 0.717) is 22.3 Å². The second-order valence-corrected chi connectivity index (χ2v) is 6.35. The molecule has 1 heterocycles. The van der Waals surface area contributed by atoms with Gasteiger partial charge in [-0.3, -0.25) is 0 Å². The molecular weight excluding hydrogens is 357 g/mol. The first-order valence-corrected chi connectivity index (χ1v) is 7.58. The Morgan fingerprint density at radius 3 is 2.39 bits per heavy atom. The van der Waals surface area contributed by atoms with E-state index in [1.165, 1.54) is 0 Å². The van der Waals surface area contributed by atoms with Crippen molar-refractivity contribution >= 4 is 50.5 Å². The summed E-state index contributed by atoms with van der Waals surface area (Å²) < 4.78 is 6.84. The van der Waals surface area contributed by atoms with Gasteiger partial charge in [0.25, 0.3) is 0 Å². The Morgan fingerprint density at radius 2 is 1.89 bits per heavy atom. The van der Waals surface area contributed by atoms with Crippen LogP contribution in [0.2, 0.25) is 10.0 Å². The molecule has 2 nitrogen and oxygen atoms in total. The molecule has 2 rings (SSSR count). The Labute approximate surface area is 128 Å². The second kappa shape index (κ2) is 6.26. The van der Waals surface area contributed by atoms with Gasteiger partial charge in [-0.2, -0.15) is 0 Å². The first-order valence-electron chi connectivity index (χ1n) is 5.15. The Morgan fingerprint density at radius 1 is 1.22 bits per heavy atom. The number of hydrogen-bond acceptors (Lipinski definition) is 3. The van der Waals surface area contributed by atoms with Crippen LogP contribution in [0, 0.1) is 0 Å². The van der Waals surface area contributed by atoms with E-state index in [4.69, 9.17) is 33.7 Å². The van der Waals surface area contributed by atoms with E-state index in [1.54, 1.807) is 29.5 Å². The maximum absolute atomic E-state index is 5.93. The molecule has 6 heteroatoms. The van der Waals surface area contributed by atoms with E-state index in [9.17, 15) is 0 Å². The van der Waals surface area contributed by atoms with Crippen molar-refractivity contribution in [2.75, 3.05) is 6.54 Å². The number of benzene rings is 1. The van der Waals surface area contributed by atoms with Gasteiger partial charge in [0.2, 0.25) is 0 Å². The van der Waals surface area contributed by atoms with Crippen LogP contribution in [0.4, 0.5) is 0 Å². The zero-order chi connectivity index (χ0) is 13.1. The Bertz CT molecular complexity index is 526. The van der Waals surface area contributed by atoms with Gasteiger partial charge in [0.05, 0.1) is 0 Å². The van der Waals surface area contributed by atoms with Gasteiger partial charge in [0, 0.05) is 31.3 Å². The van der Waals surface area contributed by atoms with Crippen molar-refractivity contribution in [3.8, 4) is 5.75 Å². The molecule has 1 unspecified atom stereocenters. The predicted molar refractivity (Wildman–Crippen MR) is 80.9 cm³/mol. The normalized spacial score (nSPS) is 12.4. The van der Waals surface area contributed by atoms with Crippen molar-refractivity contribution in [2.24, 2.45) is 5.73 Å². The smallest absolute Gasteiger partial charge is 0.145 e. The first kappa shape index (κ1) is 14.2. The Hall–Kier alpha value is -0.260. The maximum atomic E-state index is 5.93. The summed E-state index contributed by atoms with van der Waals surface area (Å²) in [5, 5.41) is 3.08. The molecule has 96 valence electrons.